The first-order valence-electron chi connectivity index (χ1n) is 4.37. The molecule has 0 N–H and O–H groups in total. The van der Waals surface area contributed by atoms with Crippen LogP contribution in [0, 0.1) is 0 Å². The molecule has 0 rings (SSSR count). The highest BCUT2D eigenvalue weighted by Gasteiger charge is 1.91. The molecule has 0 spiro atoms. The Bertz CT molecular complexity index is 116. The van der Waals surface area contributed by atoms with Crippen molar-refractivity contribution in [3.63, 3.8) is 0 Å². The minimum absolute atomic E-state index is 0.304. The maximum absolute atomic E-state index is 10.5. The van der Waals surface area contributed by atoms with Crippen LogP contribution in [0.5, 0.6) is 0 Å². The lowest BCUT2D eigenvalue weighted by atomic mass is 10.1. The Kier molecular flexibility index (Phi) is 14.6. The van der Waals surface area contributed by atoms with E-state index in [1.807, 2.05) is 6.08 Å². The summed E-state index contributed by atoms with van der Waals surface area (Å²) in [4.78, 5) is 10.5. The van der Waals surface area contributed by atoms with E-state index < -0.39 is 0 Å². The fourth-order valence-corrected chi connectivity index (χ4v) is 0.839. The molecule has 0 aromatic heterocycles. The maximum atomic E-state index is 10.5. The molecule has 0 aliphatic carbocycles. The molecule has 0 aromatic rings. The monoisotopic (exact) mass is 168 g/mol. The normalized spacial score (nSPS) is 8.08. The smallest absolute Gasteiger partial charge is 0.129 e. The van der Waals surface area contributed by atoms with E-state index >= 15 is 0 Å². The Hall–Kier alpha value is -0.850. The number of hydrogen-bond donors (Lipinski definition) is 0. The van der Waals surface area contributed by atoms with Crippen molar-refractivity contribution in [1.82, 2.24) is 0 Å². The molecule has 70 valence electrons. The van der Waals surface area contributed by atoms with Gasteiger partial charge >= 0.3 is 0 Å². The summed E-state index contributed by atoms with van der Waals surface area (Å²) in [5, 5.41) is 0. The number of allylic oxidation sites excluding steroid dienone is 1. The summed E-state index contributed by atoms with van der Waals surface area (Å²) in [6.07, 6.45) is 7.13. The predicted octanol–water partition coefficient (Wildman–Crippen LogP) is 3.51. The van der Waals surface area contributed by atoms with Crippen LogP contribution in [0.1, 0.15) is 39.0 Å². The lowest BCUT2D eigenvalue weighted by molar-refractivity contribution is -0.117. The molecule has 0 heterocycles. The Balaban J connectivity index is 0. The minimum atomic E-state index is 0.304. The van der Waals surface area contributed by atoms with Crippen LogP contribution in [-0.4, -0.2) is 5.78 Å². The molecule has 0 fully saturated rings. The van der Waals surface area contributed by atoms with Crippen LogP contribution >= 0.6 is 0 Å². The van der Waals surface area contributed by atoms with E-state index in [2.05, 4.69) is 19.7 Å². The van der Waals surface area contributed by atoms with E-state index in [0.717, 1.165) is 25.7 Å². The summed E-state index contributed by atoms with van der Waals surface area (Å²) >= 11 is 0. The van der Waals surface area contributed by atoms with Crippen molar-refractivity contribution < 1.29 is 4.79 Å². The molecule has 0 amide bonds. The standard InChI is InChI=1S/C9H16O.C2H4/c1-3-4-5-6-7-8-9(2)10;1-2/h3H,1,4-8H2,2H3;1-2H2. The number of carbonyl (C=O) groups is 1. The molecule has 0 bridgehead atoms. The van der Waals surface area contributed by atoms with E-state index in [-0.39, 0.29) is 0 Å². The SMILES string of the molecule is C=C.C=CCCCCCC(C)=O. The highest BCUT2D eigenvalue weighted by molar-refractivity contribution is 5.75. The van der Waals surface area contributed by atoms with Crippen molar-refractivity contribution >= 4 is 5.78 Å². The van der Waals surface area contributed by atoms with Gasteiger partial charge in [-0.15, -0.1) is 19.7 Å². The molecule has 1 nitrogen and oxygen atoms in total. The van der Waals surface area contributed by atoms with Crippen LogP contribution in [0.3, 0.4) is 0 Å². The lowest BCUT2D eigenvalue weighted by Gasteiger charge is -1.94. The molecule has 0 aromatic carbocycles. The van der Waals surface area contributed by atoms with Gasteiger partial charge < -0.3 is 4.79 Å². The van der Waals surface area contributed by atoms with E-state index in [9.17, 15) is 4.79 Å². The fraction of sp³-hybridized carbons (Fsp3) is 0.545. The second-order valence-electron chi connectivity index (χ2n) is 2.59. The molecule has 1 heteroatoms. The van der Waals surface area contributed by atoms with E-state index in [1.54, 1.807) is 6.92 Å². The van der Waals surface area contributed by atoms with E-state index in [0.29, 0.717) is 5.78 Å². The van der Waals surface area contributed by atoms with Gasteiger partial charge in [-0.3, -0.25) is 0 Å². The van der Waals surface area contributed by atoms with E-state index in [1.165, 1.54) is 6.42 Å². The average Bonchev–Trinajstić information content (AvgIpc) is 2.07. The summed E-state index contributed by atoms with van der Waals surface area (Å²) in [7, 11) is 0. The molecule has 12 heavy (non-hydrogen) atoms. The van der Waals surface area contributed by atoms with Gasteiger partial charge in [-0.05, 0) is 26.2 Å². The molecular weight excluding hydrogens is 148 g/mol. The second-order valence-corrected chi connectivity index (χ2v) is 2.59. The quantitative estimate of drug-likeness (QED) is 0.438. The van der Waals surface area contributed by atoms with Crippen molar-refractivity contribution in [2.45, 2.75) is 39.0 Å². The summed E-state index contributed by atoms with van der Waals surface area (Å²) in [6, 6.07) is 0. The fourth-order valence-electron chi connectivity index (χ4n) is 0.839. The Morgan fingerprint density at radius 2 is 1.83 bits per heavy atom. The van der Waals surface area contributed by atoms with Crippen LogP contribution in [-0.2, 0) is 4.79 Å². The topological polar surface area (TPSA) is 17.1 Å². The third kappa shape index (κ3) is 16.1. The molecule has 0 atom stereocenters. The third-order valence-corrected chi connectivity index (χ3v) is 1.44. The van der Waals surface area contributed by atoms with Gasteiger partial charge in [0.2, 0.25) is 0 Å². The highest BCUT2D eigenvalue weighted by Crippen LogP contribution is 2.02. The third-order valence-electron chi connectivity index (χ3n) is 1.44. The van der Waals surface area contributed by atoms with Crippen LogP contribution in [0.25, 0.3) is 0 Å². The first-order valence-corrected chi connectivity index (χ1v) is 4.37. The van der Waals surface area contributed by atoms with Gasteiger partial charge in [0.05, 0.1) is 0 Å². The summed E-state index contributed by atoms with van der Waals surface area (Å²) in [6.45, 7) is 11.3. The summed E-state index contributed by atoms with van der Waals surface area (Å²) in [5.74, 6) is 0.304. The van der Waals surface area contributed by atoms with Crippen LogP contribution < -0.4 is 0 Å². The van der Waals surface area contributed by atoms with Gasteiger partial charge in [-0.25, -0.2) is 0 Å². The van der Waals surface area contributed by atoms with Crippen molar-refractivity contribution in [1.29, 1.82) is 0 Å². The summed E-state index contributed by atoms with van der Waals surface area (Å²) < 4.78 is 0. The van der Waals surface area contributed by atoms with Crippen molar-refractivity contribution in [2.75, 3.05) is 0 Å². The minimum Gasteiger partial charge on any atom is -0.300 e. The molecule has 0 aliphatic rings. The number of hydrogen-bond acceptors (Lipinski definition) is 1. The highest BCUT2D eigenvalue weighted by atomic mass is 16.1. The van der Waals surface area contributed by atoms with Crippen molar-refractivity contribution in [3.8, 4) is 0 Å². The van der Waals surface area contributed by atoms with Gasteiger partial charge in [-0.2, -0.15) is 0 Å². The van der Waals surface area contributed by atoms with Gasteiger partial charge in [0.15, 0.2) is 0 Å². The number of ketones is 1. The zero-order chi connectivity index (χ0) is 9.82. The van der Waals surface area contributed by atoms with E-state index in [4.69, 9.17) is 0 Å². The molecular formula is C11H20O. The Morgan fingerprint density at radius 1 is 1.25 bits per heavy atom. The first kappa shape index (κ1) is 13.7. The molecule has 0 aliphatic heterocycles. The zero-order valence-electron chi connectivity index (χ0n) is 8.14. The predicted molar refractivity (Wildman–Crippen MR) is 55.2 cm³/mol. The number of carbonyl (C=O) groups excluding carboxylic acids is 1. The average molecular weight is 168 g/mol. The number of unbranched alkanes of at least 4 members (excludes halogenated alkanes) is 3. The number of Topliss-reactive ketones (excluding diaryl/α,β-unsaturated/α-hetero) is 1. The van der Waals surface area contributed by atoms with Crippen LogP contribution in [0.15, 0.2) is 25.8 Å². The maximum Gasteiger partial charge on any atom is 0.129 e. The zero-order valence-corrected chi connectivity index (χ0v) is 8.14. The Labute approximate surface area is 76.2 Å². The molecule has 0 saturated heterocycles. The Morgan fingerprint density at radius 3 is 2.25 bits per heavy atom. The van der Waals surface area contributed by atoms with Gasteiger partial charge in [0.1, 0.15) is 5.78 Å². The molecule has 0 saturated carbocycles. The first-order chi connectivity index (χ1) is 5.77. The van der Waals surface area contributed by atoms with Gasteiger partial charge in [0.25, 0.3) is 0 Å². The second kappa shape index (κ2) is 12.8. The molecule has 0 radical (unpaired) electrons. The van der Waals surface area contributed by atoms with Crippen LogP contribution in [0.2, 0.25) is 0 Å². The molecule has 0 unspecified atom stereocenters. The van der Waals surface area contributed by atoms with Gasteiger partial charge in [0, 0.05) is 6.42 Å². The van der Waals surface area contributed by atoms with Crippen molar-refractivity contribution in [2.24, 2.45) is 0 Å². The van der Waals surface area contributed by atoms with Crippen LogP contribution in [0.4, 0.5) is 0 Å². The lowest BCUT2D eigenvalue weighted by Crippen LogP contribution is -1.88. The number of rotatable bonds is 6. The summed E-state index contributed by atoms with van der Waals surface area (Å²) in [5.41, 5.74) is 0. The largest absolute Gasteiger partial charge is 0.300 e. The van der Waals surface area contributed by atoms with Gasteiger partial charge in [-0.1, -0.05) is 12.5 Å². The van der Waals surface area contributed by atoms with Crippen molar-refractivity contribution in [3.05, 3.63) is 25.8 Å².